The molecule has 144 valence electrons. The molecule has 2 aromatic heterocycles. The Morgan fingerprint density at radius 3 is 2.07 bits per heavy atom. The summed E-state index contributed by atoms with van der Waals surface area (Å²) in [6.45, 7) is 0.520. The number of terminal acetylenes is 1. The molecule has 0 saturated heterocycles. The van der Waals surface area contributed by atoms with Gasteiger partial charge in [0.1, 0.15) is 11.3 Å². The van der Waals surface area contributed by atoms with Crippen molar-refractivity contribution in [3.63, 3.8) is 0 Å². The molecule has 6 heteroatoms. The Bertz CT molecular complexity index is 1290. The van der Waals surface area contributed by atoms with Crippen LogP contribution in [-0.2, 0) is 19.5 Å². The quantitative estimate of drug-likeness (QED) is 0.519. The number of rotatable bonds is 6. The fourth-order valence-corrected chi connectivity index (χ4v) is 3.34. The first-order chi connectivity index (χ1) is 14.2. The van der Waals surface area contributed by atoms with Crippen LogP contribution in [0.4, 0.5) is 0 Å². The Kier molecular flexibility index (Phi) is 5.12. The van der Waals surface area contributed by atoms with Crippen LogP contribution in [0.3, 0.4) is 0 Å². The van der Waals surface area contributed by atoms with E-state index in [9.17, 15) is 9.59 Å². The van der Waals surface area contributed by atoms with Crippen LogP contribution in [0, 0.1) is 12.3 Å². The highest BCUT2D eigenvalue weighted by Crippen LogP contribution is 2.11. The number of fused-ring (bicyclic) bond motifs is 1. The SMILES string of the molecule is C#CCCc1nc2c([nH]1)c(=O)n(Cc1ccccc1)c(=O)n2Cc1ccccc1. The summed E-state index contributed by atoms with van der Waals surface area (Å²) in [5, 5.41) is 0. The Hall–Kier alpha value is -3.85. The summed E-state index contributed by atoms with van der Waals surface area (Å²) in [5.41, 5.74) is 1.75. The summed E-state index contributed by atoms with van der Waals surface area (Å²) in [5.74, 6) is 3.18. The molecule has 0 aliphatic rings. The summed E-state index contributed by atoms with van der Waals surface area (Å²) in [7, 11) is 0. The third-order valence-corrected chi connectivity index (χ3v) is 4.78. The van der Waals surface area contributed by atoms with E-state index in [0.29, 0.717) is 36.4 Å². The van der Waals surface area contributed by atoms with Crippen LogP contribution in [0.1, 0.15) is 23.4 Å². The summed E-state index contributed by atoms with van der Waals surface area (Å²) in [6.07, 6.45) is 6.37. The van der Waals surface area contributed by atoms with Crippen molar-refractivity contribution in [2.75, 3.05) is 0 Å². The van der Waals surface area contributed by atoms with Crippen LogP contribution in [0.5, 0.6) is 0 Å². The zero-order valence-electron chi connectivity index (χ0n) is 15.8. The minimum absolute atomic E-state index is 0.196. The smallest absolute Gasteiger partial charge is 0.333 e. The molecular formula is C23H20N4O2. The maximum atomic E-state index is 13.3. The molecule has 0 saturated carbocycles. The number of imidazole rings is 1. The van der Waals surface area contributed by atoms with Crippen molar-refractivity contribution < 1.29 is 0 Å². The molecule has 0 amide bonds. The van der Waals surface area contributed by atoms with Crippen molar-refractivity contribution in [2.24, 2.45) is 0 Å². The molecule has 1 N–H and O–H groups in total. The topological polar surface area (TPSA) is 72.7 Å². The average Bonchev–Trinajstić information content (AvgIpc) is 3.18. The highest BCUT2D eigenvalue weighted by molar-refractivity contribution is 5.70. The second kappa shape index (κ2) is 8.03. The minimum Gasteiger partial charge on any atom is -0.336 e. The maximum Gasteiger partial charge on any atom is 0.333 e. The molecule has 4 aromatic rings. The highest BCUT2D eigenvalue weighted by atomic mass is 16.2. The molecule has 2 aromatic carbocycles. The number of hydrogen-bond acceptors (Lipinski definition) is 3. The number of aromatic nitrogens is 4. The van der Waals surface area contributed by atoms with Crippen LogP contribution in [0.15, 0.2) is 70.3 Å². The lowest BCUT2D eigenvalue weighted by atomic mass is 10.2. The van der Waals surface area contributed by atoms with Crippen LogP contribution < -0.4 is 11.2 Å². The van der Waals surface area contributed by atoms with Crippen molar-refractivity contribution in [1.82, 2.24) is 19.1 Å². The van der Waals surface area contributed by atoms with Crippen molar-refractivity contribution in [1.29, 1.82) is 0 Å². The number of aryl methyl sites for hydroxylation is 1. The molecule has 29 heavy (non-hydrogen) atoms. The van der Waals surface area contributed by atoms with Crippen LogP contribution >= 0.6 is 0 Å². The molecule has 0 fully saturated rings. The van der Waals surface area contributed by atoms with Gasteiger partial charge in [-0.3, -0.25) is 13.9 Å². The van der Waals surface area contributed by atoms with E-state index in [1.165, 1.54) is 4.57 Å². The zero-order valence-corrected chi connectivity index (χ0v) is 15.8. The average molecular weight is 384 g/mol. The first-order valence-electron chi connectivity index (χ1n) is 9.41. The fraction of sp³-hybridized carbons (Fsp3) is 0.174. The molecule has 0 radical (unpaired) electrons. The van der Waals surface area contributed by atoms with Gasteiger partial charge in [0.25, 0.3) is 5.56 Å². The van der Waals surface area contributed by atoms with Gasteiger partial charge in [-0.05, 0) is 11.1 Å². The molecule has 0 bridgehead atoms. The number of nitrogens with one attached hydrogen (secondary N) is 1. The Morgan fingerprint density at radius 1 is 0.897 bits per heavy atom. The van der Waals surface area contributed by atoms with Gasteiger partial charge in [-0.1, -0.05) is 60.7 Å². The lowest BCUT2D eigenvalue weighted by Gasteiger charge is -2.11. The highest BCUT2D eigenvalue weighted by Gasteiger charge is 2.17. The van der Waals surface area contributed by atoms with E-state index < -0.39 is 0 Å². The van der Waals surface area contributed by atoms with E-state index in [0.717, 1.165) is 11.1 Å². The van der Waals surface area contributed by atoms with Gasteiger partial charge in [0.2, 0.25) is 0 Å². The normalized spacial score (nSPS) is 10.9. The second-order valence-corrected chi connectivity index (χ2v) is 6.82. The summed E-state index contributed by atoms with van der Waals surface area (Å²) < 4.78 is 2.80. The minimum atomic E-state index is -0.384. The van der Waals surface area contributed by atoms with E-state index in [1.807, 2.05) is 60.7 Å². The molecule has 2 heterocycles. The monoisotopic (exact) mass is 384 g/mol. The van der Waals surface area contributed by atoms with Crippen LogP contribution in [0.2, 0.25) is 0 Å². The number of aromatic amines is 1. The van der Waals surface area contributed by atoms with E-state index >= 15 is 0 Å². The first-order valence-corrected chi connectivity index (χ1v) is 9.41. The number of benzene rings is 2. The van der Waals surface area contributed by atoms with Gasteiger partial charge in [-0.15, -0.1) is 12.3 Å². The van der Waals surface area contributed by atoms with Gasteiger partial charge in [0, 0.05) is 12.8 Å². The van der Waals surface area contributed by atoms with Gasteiger partial charge in [0.05, 0.1) is 13.1 Å². The third kappa shape index (κ3) is 3.76. The number of H-pyrrole nitrogens is 1. The second-order valence-electron chi connectivity index (χ2n) is 6.82. The Balaban J connectivity index is 1.90. The van der Waals surface area contributed by atoms with Gasteiger partial charge in [0.15, 0.2) is 5.65 Å². The van der Waals surface area contributed by atoms with E-state index in [-0.39, 0.29) is 17.8 Å². The predicted octanol–water partition coefficient (Wildman–Crippen LogP) is 2.55. The molecule has 0 unspecified atom stereocenters. The lowest BCUT2D eigenvalue weighted by Crippen LogP contribution is -2.40. The maximum absolute atomic E-state index is 13.3. The molecule has 0 atom stereocenters. The fourth-order valence-electron chi connectivity index (χ4n) is 3.34. The molecule has 6 nitrogen and oxygen atoms in total. The number of hydrogen-bond donors (Lipinski definition) is 1. The summed E-state index contributed by atoms with van der Waals surface area (Å²) >= 11 is 0. The lowest BCUT2D eigenvalue weighted by molar-refractivity contribution is 0.631. The van der Waals surface area contributed by atoms with E-state index in [4.69, 9.17) is 6.42 Å². The van der Waals surface area contributed by atoms with Crippen LogP contribution in [0.25, 0.3) is 11.2 Å². The number of nitrogens with zero attached hydrogens (tertiary/aromatic N) is 3. The van der Waals surface area contributed by atoms with Crippen LogP contribution in [-0.4, -0.2) is 19.1 Å². The molecule has 0 aliphatic carbocycles. The summed E-state index contributed by atoms with van der Waals surface area (Å²) in [6, 6.07) is 19.1. The van der Waals surface area contributed by atoms with E-state index in [2.05, 4.69) is 15.9 Å². The third-order valence-electron chi connectivity index (χ3n) is 4.78. The van der Waals surface area contributed by atoms with Gasteiger partial charge in [-0.25, -0.2) is 9.78 Å². The standard InChI is InChI=1S/C23H20N4O2/c1-2-3-14-19-24-20-21(25-19)26(15-17-10-6-4-7-11-17)23(29)27(22(20)28)16-18-12-8-5-9-13-18/h1,4-13H,3,14-16H2,(H,24,25). The molecule has 0 spiro atoms. The predicted molar refractivity (Wildman–Crippen MR) is 113 cm³/mol. The summed E-state index contributed by atoms with van der Waals surface area (Å²) in [4.78, 5) is 34.0. The molecule has 4 rings (SSSR count). The van der Waals surface area contributed by atoms with Crippen molar-refractivity contribution in [2.45, 2.75) is 25.9 Å². The van der Waals surface area contributed by atoms with Gasteiger partial charge >= 0.3 is 5.69 Å². The van der Waals surface area contributed by atoms with Gasteiger partial charge in [-0.2, -0.15) is 0 Å². The van der Waals surface area contributed by atoms with E-state index in [1.54, 1.807) is 4.57 Å². The van der Waals surface area contributed by atoms with Crippen molar-refractivity contribution >= 4 is 11.2 Å². The largest absolute Gasteiger partial charge is 0.336 e. The van der Waals surface area contributed by atoms with Crippen molar-refractivity contribution in [3.05, 3.63) is 98.5 Å². The molecule has 0 aliphatic heterocycles. The van der Waals surface area contributed by atoms with Crippen molar-refractivity contribution in [3.8, 4) is 12.3 Å². The molecular weight excluding hydrogens is 364 g/mol. The Morgan fingerprint density at radius 2 is 1.48 bits per heavy atom. The first kappa shape index (κ1) is 18.5. The zero-order chi connectivity index (χ0) is 20.2. The Labute approximate surface area is 167 Å². The van der Waals surface area contributed by atoms with Gasteiger partial charge < -0.3 is 4.98 Å².